The maximum atomic E-state index is 2.49. The predicted octanol–water partition coefficient (Wildman–Crippen LogP) is 0.241. The molecule has 66 valence electrons. The van der Waals surface area contributed by atoms with Crippen molar-refractivity contribution in [3.8, 4) is 0 Å². The summed E-state index contributed by atoms with van der Waals surface area (Å²) in [7, 11) is 0. The monoisotopic (exact) mass is 632 g/mol. The van der Waals surface area contributed by atoms with Crippen molar-refractivity contribution in [2.75, 3.05) is 0 Å². The number of halogens is 4. The number of hydrogen-bond acceptors (Lipinski definition) is 0. The van der Waals surface area contributed by atoms with E-state index in [0.29, 0.717) is 0 Å². The van der Waals surface area contributed by atoms with Crippen LogP contribution < -0.4 is 0 Å². The zero-order valence-electron chi connectivity index (χ0n) is 3.92. The summed E-state index contributed by atoms with van der Waals surface area (Å²) < 4.78 is -0.870. The molecule has 0 aromatic carbocycles. The van der Waals surface area contributed by atoms with E-state index in [4.69, 9.17) is 0 Å². The van der Waals surface area contributed by atoms with E-state index in [1.165, 1.54) is 0 Å². The van der Waals surface area contributed by atoms with Gasteiger partial charge in [0.2, 0.25) is 0 Å². The Bertz CT molecular complexity index is 28.0. The summed E-state index contributed by atoms with van der Waals surface area (Å²) in [6.07, 6.45) is 0. The Morgan fingerprint density at radius 1 is 0.556 bits per heavy atom. The molecule has 0 aromatic heterocycles. The summed E-state index contributed by atoms with van der Waals surface area (Å²) in [6.45, 7) is 0. The SMILES string of the molecule is O.O.O.O.[I][Cr]([I])([I])[I]. The van der Waals surface area contributed by atoms with Crippen LogP contribution in [-0.2, 0) is -0.0525 Å². The van der Waals surface area contributed by atoms with Gasteiger partial charge in [0.15, 0.2) is 0 Å². The molecule has 0 aliphatic carbocycles. The van der Waals surface area contributed by atoms with Gasteiger partial charge in [0.05, 0.1) is 0 Å². The summed E-state index contributed by atoms with van der Waals surface area (Å²) in [5.74, 6) is 0. The zero-order valence-corrected chi connectivity index (χ0v) is 13.8. The van der Waals surface area contributed by atoms with Gasteiger partial charge in [0, 0.05) is 0 Å². The molecule has 0 bridgehead atoms. The van der Waals surface area contributed by atoms with Crippen LogP contribution in [0.15, 0.2) is 0 Å². The fraction of sp³-hybridized carbons (Fsp3) is 0. The Morgan fingerprint density at radius 3 is 0.556 bits per heavy atom. The molecule has 0 aliphatic rings. The van der Waals surface area contributed by atoms with E-state index < -0.39 is -0.0525 Å². The van der Waals surface area contributed by atoms with Crippen LogP contribution in [0, 0.1) is 0 Å². The Kier molecular flexibility index (Phi) is 45.4. The molecule has 0 atom stereocenters. The molecule has 0 saturated carbocycles. The topological polar surface area (TPSA) is 126 Å². The van der Waals surface area contributed by atoms with Crippen LogP contribution in [-0.4, -0.2) is 21.9 Å². The van der Waals surface area contributed by atoms with Crippen LogP contribution in [0.5, 0.6) is 0 Å². The van der Waals surface area contributed by atoms with Gasteiger partial charge in [-0.05, 0) is 0 Å². The summed E-state index contributed by atoms with van der Waals surface area (Å²) in [5, 5.41) is 0. The molecule has 9 heteroatoms. The van der Waals surface area contributed by atoms with Crippen LogP contribution in [0.2, 0.25) is 0 Å². The normalized spacial score (nSPS) is 8.44. The first-order chi connectivity index (χ1) is 2.00. The molecule has 9 heavy (non-hydrogen) atoms. The molecule has 0 radical (unpaired) electrons. The third-order valence-electron chi connectivity index (χ3n) is 0. The molecule has 0 amide bonds. The summed E-state index contributed by atoms with van der Waals surface area (Å²) >= 11 is 9.98. The fourth-order valence-electron chi connectivity index (χ4n) is 0. The molecular weight excluding hydrogens is 624 g/mol. The maximum absolute atomic E-state index is 2.49. The van der Waals surface area contributed by atoms with Crippen molar-refractivity contribution in [3.63, 3.8) is 0 Å². The third kappa shape index (κ3) is 90.0. The van der Waals surface area contributed by atoms with Crippen LogP contribution in [0.25, 0.3) is 0 Å². The van der Waals surface area contributed by atoms with E-state index >= 15 is 0 Å². The quantitative estimate of drug-likeness (QED) is 0.340. The second-order valence-corrected chi connectivity index (χ2v) is 64.9. The van der Waals surface area contributed by atoms with Gasteiger partial charge in [-0.1, -0.05) is 0 Å². The molecule has 4 nitrogen and oxygen atoms in total. The van der Waals surface area contributed by atoms with Gasteiger partial charge in [-0.3, -0.25) is 0 Å². The van der Waals surface area contributed by atoms with Crippen LogP contribution >= 0.6 is 81.1 Å². The predicted molar refractivity (Wildman–Crippen MR) is 70.5 cm³/mol. The van der Waals surface area contributed by atoms with Crippen molar-refractivity contribution in [2.45, 2.75) is 0 Å². The first-order valence-corrected chi connectivity index (χ1v) is 17.1. The van der Waals surface area contributed by atoms with E-state index in [1.807, 2.05) is 0 Å². The van der Waals surface area contributed by atoms with E-state index in [2.05, 4.69) is 81.1 Å². The van der Waals surface area contributed by atoms with Gasteiger partial charge < -0.3 is 21.9 Å². The molecule has 0 aromatic rings. The third-order valence-corrected chi connectivity index (χ3v) is 0. The molecule has 0 unspecified atom stereocenters. The summed E-state index contributed by atoms with van der Waals surface area (Å²) in [4.78, 5) is 0. The van der Waals surface area contributed by atoms with Crippen molar-refractivity contribution in [3.05, 3.63) is 0 Å². The van der Waals surface area contributed by atoms with E-state index in [-0.39, 0.29) is 21.9 Å². The van der Waals surface area contributed by atoms with Gasteiger partial charge in [0.25, 0.3) is 0 Å². The van der Waals surface area contributed by atoms with E-state index in [1.54, 1.807) is 0 Å². The number of rotatable bonds is 0. The second kappa shape index (κ2) is 13.9. The zero-order chi connectivity index (χ0) is 4.50. The number of hydrogen-bond donors (Lipinski definition) is 0. The molecule has 0 rings (SSSR count). The van der Waals surface area contributed by atoms with Gasteiger partial charge in [0.1, 0.15) is 0 Å². The Balaban J connectivity index is -0.0000000133. The standard InChI is InChI=1S/Cr.4HI.4H2O/h;4*1H;4*1H2/q+4;;;;;;;;/p-4. The first kappa shape index (κ1) is 29.5. The first-order valence-electron chi connectivity index (χ1n) is 0.617. The molecule has 8 N–H and O–H groups in total. The van der Waals surface area contributed by atoms with E-state index in [9.17, 15) is 0 Å². The average molecular weight is 632 g/mol. The van der Waals surface area contributed by atoms with Gasteiger partial charge >= 0.3 is 81.0 Å². The minimum atomic E-state index is -0.870. The second-order valence-electron chi connectivity index (χ2n) is 0.350. The van der Waals surface area contributed by atoms with Gasteiger partial charge in [-0.15, -0.1) is 0 Å². The van der Waals surface area contributed by atoms with Crippen molar-refractivity contribution in [2.24, 2.45) is 0 Å². The van der Waals surface area contributed by atoms with Crippen molar-refractivity contribution >= 4 is 81.1 Å². The Labute approximate surface area is 101 Å². The molecule has 0 heterocycles. The average Bonchev–Trinajstić information content (AvgIpc) is 0.722. The van der Waals surface area contributed by atoms with Crippen LogP contribution in [0.3, 0.4) is 0 Å². The van der Waals surface area contributed by atoms with Crippen molar-refractivity contribution < 1.29 is 21.9 Å². The summed E-state index contributed by atoms with van der Waals surface area (Å²) in [5.41, 5.74) is 0. The molecule has 0 fully saturated rings. The minimum absolute atomic E-state index is 0. The summed E-state index contributed by atoms with van der Waals surface area (Å²) in [6, 6.07) is 0. The fourth-order valence-corrected chi connectivity index (χ4v) is 0. The van der Waals surface area contributed by atoms with Crippen LogP contribution in [0.1, 0.15) is 0 Å². The molecule has 0 aliphatic heterocycles. The van der Waals surface area contributed by atoms with E-state index in [0.717, 1.165) is 0 Å². The molecule has 0 saturated heterocycles. The van der Waals surface area contributed by atoms with Crippen molar-refractivity contribution in [1.29, 1.82) is 0 Å². The molecule has 0 spiro atoms. The van der Waals surface area contributed by atoms with Gasteiger partial charge in [-0.2, -0.15) is 0 Å². The Hall–Kier alpha value is 3.29. The Morgan fingerprint density at radius 2 is 0.556 bits per heavy atom. The molecular formula is H8CrI4O4. The van der Waals surface area contributed by atoms with Crippen molar-refractivity contribution in [1.82, 2.24) is 0 Å². The van der Waals surface area contributed by atoms with Crippen LogP contribution in [0.4, 0.5) is 0 Å². The van der Waals surface area contributed by atoms with Gasteiger partial charge in [-0.25, -0.2) is 0 Å².